The molecule has 8 nitrogen and oxygen atoms in total. The third-order valence-corrected chi connectivity index (χ3v) is 3.09. The summed E-state index contributed by atoms with van der Waals surface area (Å²) in [6.07, 6.45) is 1.74. The number of fused-ring (bicyclic) bond motifs is 1. The molecular formula is C13H15N3O5S. The topological polar surface area (TPSA) is 112 Å². The van der Waals surface area contributed by atoms with Crippen LogP contribution in [-0.2, 0) is 9.59 Å². The van der Waals surface area contributed by atoms with Crippen molar-refractivity contribution in [2.75, 3.05) is 21.2 Å². The Morgan fingerprint density at radius 1 is 1.32 bits per heavy atom. The zero-order chi connectivity index (χ0) is 16.7. The maximum atomic E-state index is 9.10. The number of methoxy groups -OCH3 is 1. The Morgan fingerprint density at radius 2 is 1.95 bits per heavy atom. The number of thiazole rings is 1. The summed E-state index contributed by atoms with van der Waals surface area (Å²) in [4.78, 5) is 28.7. The van der Waals surface area contributed by atoms with Crippen LogP contribution < -0.4 is 4.74 Å². The Labute approximate surface area is 130 Å². The summed E-state index contributed by atoms with van der Waals surface area (Å²) in [6.45, 7) is 0. The van der Waals surface area contributed by atoms with Crippen molar-refractivity contribution in [3.05, 3.63) is 18.2 Å². The minimum absolute atomic E-state index is 0.761. The molecule has 0 aliphatic carbocycles. The Balaban J connectivity index is 0.000000346. The SMILES string of the molecule is COc1ccc2nc(/N=C/N(C)C)sc2c1.O=C(O)C(=O)O. The number of hydrogen-bond donors (Lipinski definition) is 2. The molecule has 0 bridgehead atoms. The average molecular weight is 325 g/mol. The molecule has 0 saturated carbocycles. The smallest absolute Gasteiger partial charge is 0.414 e. The molecule has 2 N–H and O–H groups in total. The largest absolute Gasteiger partial charge is 0.497 e. The fourth-order valence-electron chi connectivity index (χ4n) is 1.24. The highest BCUT2D eigenvalue weighted by Gasteiger charge is 2.04. The highest BCUT2D eigenvalue weighted by molar-refractivity contribution is 7.22. The van der Waals surface area contributed by atoms with Gasteiger partial charge in [-0.25, -0.2) is 19.6 Å². The van der Waals surface area contributed by atoms with Gasteiger partial charge in [0, 0.05) is 14.1 Å². The summed E-state index contributed by atoms with van der Waals surface area (Å²) in [6, 6.07) is 5.82. The van der Waals surface area contributed by atoms with E-state index in [0.29, 0.717) is 0 Å². The molecule has 0 aliphatic heterocycles. The molecule has 0 aliphatic rings. The molecule has 0 radical (unpaired) electrons. The maximum absolute atomic E-state index is 9.10. The van der Waals surface area contributed by atoms with Crippen molar-refractivity contribution in [1.82, 2.24) is 9.88 Å². The van der Waals surface area contributed by atoms with Crippen molar-refractivity contribution in [2.45, 2.75) is 0 Å². The normalized spacial score (nSPS) is 10.1. The lowest BCUT2D eigenvalue weighted by molar-refractivity contribution is -0.159. The third-order valence-electron chi connectivity index (χ3n) is 2.17. The number of carboxylic acid groups (broad SMARTS) is 2. The number of carbonyl (C=O) groups is 2. The molecule has 0 spiro atoms. The Morgan fingerprint density at radius 3 is 2.45 bits per heavy atom. The summed E-state index contributed by atoms with van der Waals surface area (Å²) in [5.74, 6) is -2.80. The second kappa shape index (κ2) is 7.93. The third kappa shape index (κ3) is 5.37. The van der Waals surface area contributed by atoms with Crippen LogP contribution in [0.3, 0.4) is 0 Å². The highest BCUT2D eigenvalue weighted by Crippen LogP contribution is 2.30. The van der Waals surface area contributed by atoms with Gasteiger partial charge >= 0.3 is 11.9 Å². The maximum Gasteiger partial charge on any atom is 0.414 e. The number of benzene rings is 1. The minimum atomic E-state index is -1.82. The Hall–Kier alpha value is -2.68. The first-order valence-electron chi connectivity index (χ1n) is 5.95. The monoisotopic (exact) mass is 325 g/mol. The zero-order valence-corrected chi connectivity index (χ0v) is 13.0. The van der Waals surface area contributed by atoms with Gasteiger partial charge in [0.05, 0.1) is 23.7 Å². The van der Waals surface area contributed by atoms with E-state index in [1.54, 1.807) is 24.8 Å². The van der Waals surface area contributed by atoms with Gasteiger partial charge in [-0.1, -0.05) is 11.3 Å². The first kappa shape index (κ1) is 17.4. The number of nitrogens with zero attached hydrogens (tertiary/aromatic N) is 3. The molecule has 1 aromatic carbocycles. The van der Waals surface area contributed by atoms with Crippen LogP contribution in [0.2, 0.25) is 0 Å². The number of aliphatic carboxylic acids is 2. The van der Waals surface area contributed by atoms with Gasteiger partial charge in [0.2, 0.25) is 5.13 Å². The lowest BCUT2D eigenvalue weighted by Gasteiger charge is -1.99. The van der Waals surface area contributed by atoms with E-state index in [0.717, 1.165) is 21.1 Å². The van der Waals surface area contributed by atoms with Gasteiger partial charge in [0.15, 0.2) is 0 Å². The van der Waals surface area contributed by atoms with E-state index in [4.69, 9.17) is 24.5 Å². The number of aromatic nitrogens is 1. The number of carboxylic acids is 2. The second-order valence-electron chi connectivity index (χ2n) is 4.15. The van der Waals surface area contributed by atoms with Crippen molar-refractivity contribution in [2.24, 2.45) is 4.99 Å². The van der Waals surface area contributed by atoms with Crippen LogP contribution in [-0.4, -0.2) is 59.6 Å². The van der Waals surface area contributed by atoms with Gasteiger partial charge in [-0.2, -0.15) is 0 Å². The van der Waals surface area contributed by atoms with Crippen LogP contribution in [0.4, 0.5) is 5.13 Å². The lowest BCUT2D eigenvalue weighted by atomic mass is 10.3. The molecular weight excluding hydrogens is 310 g/mol. The van der Waals surface area contributed by atoms with Gasteiger partial charge < -0.3 is 19.8 Å². The molecule has 0 fully saturated rings. The molecule has 1 heterocycles. The first-order chi connectivity index (χ1) is 10.3. The number of rotatable bonds is 3. The van der Waals surface area contributed by atoms with Crippen LogP contribution in [0.25, 0.3) is 10.2 Å². The Kier molecular flexibility index (Phi) is 6.26. The minimum Gasteiger partial charge on any atom is -0.497 e. The molecule has 2 aromatic rings. The Bertz CT molecular complexity index is 684. The summed E-state index contributed by atoms with van der Waals surface area (Å²) in [7, 11) is 5.52. The van der Waals surface area contributed by atoms with Gasteiger partial charge in [-0.3, -0.25) is 0 Å². The van der Waals surface area contributed by atoms with E-state index >= 15 is 0 Å². The summed E-state index contributed by atoms with van der Waals surface area (Å²) >= 11 is 1.55. The molecule has 22 heavy (non-hydrogen) atoms. The lowest BCUT2D eigenvalue weighted by Crippen LogP contribution is -2.09. The predicted octanol–water partition coefficient (Wildman–Crippen LogP) is 1.68. The highest BCUT2D eigenvalue weighted by atomic mass is 32.1. The van der Waals surface area contributed by atoms with Crippen molar-refractivity contribution in [1.29, 1.82) is 0 Å². The van der Waals surface area contributed by atoms with Gasteiger partial charge in [0.1, 0.15) is 5.75 Å². The number of aliphatic imine (C=N–C) groups is 1. The van der Waals surface area contributed by atoms with Crippen molar-refractivity contribution in [3.63, 3.8) is 0 Å². The van der Waals surface area contributed by atoms with E-state index in [1.165, 1.54) is 0 Å². The van der Waals surface area contributed by atoms with E-state index in [9.17, 15) is 0 Å². The van der Waals surface area contributed by atoms with Crippen molar-refractivity contribution >= 4 is 45.0 Å². The van der Waals surface area contributed by atoms with E-state index in [1.807, 2.05) is 37.2 Å². The molecule has 0 saturated heterocycles. The van der Waals surface area contributed by atoms with Crippen LogP contribution in [0, 0.1) is 0 Å². The summed E-state index contributed by atoms with van der Waals surface area (Å²) in [5.41, 5.74) is 0.955. The van der Waals surface area contributed by atoms with E-state index in [-0.39, 0.29) is 0 Å². The molecule has 0 atom stereocenters. The van der Waals surface area contributed by atoms with Gasteiger partial charge in [-0.05, 0) is 18.2 Å². The molecule has 0 amide bonds. The molecule has 2 rings (SSSR count). The van der Waals surface area contributed by atoms with Crippen LogP contribution in [0.15, 0.2) is 23.2 Å². The van der Waals surface area contributed by atoms with Crippen LogP contribution in [0.1, 0.15) is 0 Å². The van der Waals surface area contributed by atoms with Gasteiger partial charge in [0.25, 0.3) is 0 Å². The van der Waals surface area contributed by atoms with Crippen LogP contribution in [0.5, 0.6) is 5.75 Å². The predicted molar refractivity (Wildman–Crippen MR) is 83.3 cm³/mol. The first-order valence-corrected chi connectivity index (χ1v) is 6.76. The molecule has 118 valence electrons. The summed E-state index contributed by atoms with van der Waals surface area (Å²) in [5, 5.41) is 15.5. The number of hydrogen-bond acceptors (Lipinski definition) is 6. The van der Waals surface area contributed by atoms with E-state index in [2.05, 4.69) is 9.98 Å². The molecule has 0 unspecified atom stereocenters. The van der Waals surface area contributed by atoms with Crippen LogP contribution >= 0.6 is 11.3 Å². The van der Waals surface area contributed by atoms with E-state index < -0.39 is 11.9 Å². The average Bonchev–Trinajstić information content (AvgIpc) is 2.87. The van der Waals surface area contributed by atoms with Crippen molar-refractivity contribution in [3.8, 4) is 5.75 Å². The fraction of sp³-hybridized carbons (Fsp3) is 0.231. The summed E-state index contributed by atoms with van der Waals surface area (Å²) < 4.78 is 6.25. The quantitative estimate of drug-likeness (QED) is 0.501. The zero-order valence-electron chi connectivity index (χ0n) is 12.2. The van der Waals surface area contributed by atoms with Gasteiger partial charge in [-0.15, -0.1) is 0 Å². The fourth-order valence-corrected chi connectivity index (χ4v) is 2.07. The molecule has 9 heteroatoms. The second-order valence-corrected chi connectivity index (χ2v) is 5.16. The molecule has 1 aromatic heterocycles. The number of ether oxygens (including phenoxy) is 1. The van der Waals surface area contributed by atoms with Crippen molar-refractivity contribution < 1.29 is 24.5 Å². The standard InChI is InChI=1S/C11H13N3OS.C2H2O4/c1-14(2)7-12-11-13-9-5-4-8(15-3)6-10(9)16-11;3-1(4)2(5)6/h4-7H,1-3H3;(H,3,4)(H,5,6)/b12-7+;.